The van der Waals surface area contributed by atoms with Gasteiger partial charge >= 0.3 is 12.1 Å². The van der Waals surface area contributed by atoms with Crippen LogP contribution in [0.15, 0.2) is 0 Å². The second kappa shape index (κ2) is 5.72. The number of hydrogen-bond donors (Lipinski definition) is 0. The van der Waals surface area contributed by atoms with E-state index in [-0.39, 0.29) is 6.54 Å². The number of ether oxygens (including phenoxy) is 1. The minimum Gasteiger partial charge on any atom is -0.469 e. The molecule has 0 radical (unpaired) electrons. The van der Waals surface area contributed by atoms with Gasteiger partial charge in [-0.25, -0.2) is 0 Å². The first-order valence-electron chi connectivity index (χ1n) is 4.56. The van der Waals surface area contributed by atoms with Gasteiger partial charge in [-0.2, -0.15) is 13.2 Å². The summed E-state index contributed by atoms with van der Waals surface area (Å²) in [6.45, 7) is 1.38. The minimum absolute atomic E-state index is 0.0956. The summed E-state index contributed by atoms with van der Waals surface area (Å²) < 4.78 is 40.1. The fraction of sp³-hybridized carbons (Fsp3) is 0.778. The molecule has 0 spiro atoms. The first-order valence-corrected chi connectivity index (χ1v) is 4.56. The van der Waals surface area contributed by atoms with Gasteiger partial charge in [0, 0.05) is 13.6 Å². The molecule has 0 saturated carbocycles. The van der Waals surface area contributed by atoms with Gasteiger partial charge in [-0.15, -0.1) is 0 Å². The predicted octanol–water partition coefficient (Wildman–Crippen LogP) is 1.21. The molecule has 0 aliphatic carbocycles. The first kappa shape index (κ1) is 14.7. The maximum Gasteiger partial charge on any atom is 0.397 e. The Morgan fingerprint density at radius 1 is 1.38 bits per heavy atom. The van der Waals surface area contributed by atoms with Crippen LogP contribution in [0.3, 0.4) is 0 Å². The summed E-state index contributed by atoms with van der Waals surface area (Å²) in [5.41, 5.74) is 0. The molecule has 94 valence electrons. The van der Waals surface area contributed by atoms with E-state index in [1.54, 1.807) is 0 Å². The van der Waals surface area contributed by atoms with Crippen LogP contribution in [0, 0.1) is 5.92 Å². The van der Waals surface area contributed by atoms with Gasteiger partial charge in [-0.1, -0.05) is 6.92 Å². The third kappa shape index (κ3) is 5.57. The Morgan fingerprint density at radius 3 is 2.25 bits per heavy atom. The highest BCUT2D eigenvalue weighted by Gasteiger charge is 2.33. The number of methoxy groups -OCH3 is 1. The Morgan fingerprint density at radius 2 is 1.88 bits per heavy atom. The van der Waals surface area contributed by atoms with Gasteiger partial charge in [0.1, 0.15) is 6.42 Å². The van der Waals surface area contributed by atoms with Crippen LogP contribution >= 0.6 is 0 Å². The summed E-state index contributed by atoms with van der Waals surface area (Å²) in [5.74, 6) is -2.28. The molecule has 0 aliphatic heterocycles. The zero-order valence-electron chi connectivity index (χ0n) is 9.30. The average Bonchev–Trinajstić information content (AvgIpc) is 2.13. The average molecular weight is 241 g/mol. The van der Waals surface area contributed by atoms with E-state index in [1.807, 2.05) is 0 Å². The number of rotatable bonds is 4. The standard InChI is InChI=1S/C9H14F3NO3/c1-6(8(15)16-3)5-13(2)7(14)4-9(10,11)12/h6H,4-5H2,1-3H3. The SMILES string of the molecule is COC(=O)C(C)CN(C)C(=O)CC(F)(F)F. The lowest BCUT2D eigenvalue weighted by atomic mass is 10.1. The molecule has 16 heavy (non-hydrogen) atoms. The number of esters is 1. The van der Waals surface area contributed by atoms with Crippen molar-refractivity contribution in [2.45, 2.75) is 19.5 Å². The lowest BCUT2D eigenvalue weighted by molar-refractivity contribution is -0.161. The molecular formula is C9H14F3NO3. The molecule has 0 aliphatic rings. The molecule has 0 N–H and O–H groups in total. The maximum atomic E-state index is 11.9. The van der Waals surface area contributed by atoms with Gasteiger partial charge in [0.15, 0.2) is 0 Å². The summed E-state index contributed by atoms with van der Waals surface area (Å²) in [4.78, 5) is 22.9. The normalized spacial score (nSPS) is 13.1. The van der Waals surface area contributed by atoms with Crippen molar-refractivity contribution in [2.75, 3.05) is 20.7 Å². The highest BCUT2D eigenvalue weighted by atomic mass is 19.4. The van der Waals surface area contributed by atoms with E-state index in [1.165, 1.54) is 21.1 Å². The third-order valence-electron chi connectivity index (χ3n) is 1.93. The number of hydrogen-bond acceptors (Lipinski definition) is 3. The molecule has 1 amide bonds. The Kier molecular flexibility index (Phi) is 5.26. The van der Waals surface area contributed by atoms with Crippen molar-refractivity contribution < 1.29 is 27.5 Å². The Hall–Kier alpha value is -1.27. The highest BCUT2D eigenvalue weighted by molar-refractivity contribution is 5.78. The smallest absolute Gasteiger partial charge is 0.397 e. The number of carbonyl (C=O) groups excluding carboxylic acids is 2. The molecule has 0 aromatic rings. The monoisotopic (exact) mass is 241 g/mol. The molecule has 7 heteroatoms. The molecule has 0 rings (SSSR count). The Bertz CT molecular complexity index is 265. The number of halogens is 3. The van der Waals surface area contributed by atoms with E-state index in [2.05, 4.69) is 4.74 Å². The molecule has 0 heterocycles. The summed E-state index contributed by atoms with van der Waals surface area (Å²) in [7, 11) is 2.39. The second-order valence-electron chi connectivity index (χ2n) is 3.49. The number of nitrogens with zero attached hydrogens (tertiary/aromatic N) is 1. The molecule has 4 nitrogen and oxygen atoms in total. The van der Waals surface area contributed by atoms with Crippen molar-refractivity contribution in [3.05, 3.63) is 0 Å². The van der Waals surface area contributed by atoms with Gasteiger partial charge in [0.05, 0.1) is 13.0 Å². The summed E-state index contributed by atoms with van der Waals surface area (Å²) >= 11 is 0. The summed E-state index contributed by atoms with van der Waals surface area (Å²) in [6, 6.07) is 0. The van der Waals surface area contributed by atoms with Crippen LogP contribution in [-0.4, -0.2) is 43.7 Å². The van der Waals surface area contributed by atoms with Crippen LogP contribution in [0.25, 0.3) is 0 Å². The van der Waals surface area contributed by atoms with Crippen LogP contribution in [-0.2, 0) is 14.3 Å². The first-order chi connectivity index (χ1) is 7.17. The van der Waals surface area contributed by atoms with Crippen molar-refractivity contribution in [1.29, 1.82) is 0 Å². The van der Waals surface area contributed by atoms with Crippen LogP contribution in [0.5, 0.6) is 0 Å². The second-order valence-corrected chi connectivity index (χ2v) is 3.49. The van der Waals surface area contributed by atoms with E-state index in [0.717, 1.165) is 4.90 Å². The molecule has 0 fully saturated rings. The van der Waals surface area contributed by atoms with Crippen LogP contribution in [0.2, 0.25) is 0 Å². The highest BCUT2D eigenvalue weighted by Crippen LogP contribution is 2.20. The lowest BCUT2D eigenvalue weighted by Gasteiger charge is -2.20. The zero-order chi connectivity index (χ0) is 12.9. The molecule has 1 atom stereocenters. The van der Waals surface area contributed by atoms with E-state index < -0.39 is 30.4 Å². The fourth-order valence-corrected chi connectivity index (χ4v) is 1.09. The van der Waals surface area contributed by atoms with Crippen LogP contribution in [0.4, 0.5) is 13.2 Å². The number of alkyl halides is 3. The van der Waals surface area contributed by atoms with Crippen LogP contribution < -0.4 is 0 Å². The van der Waals surface area contributed by atoms with Gasteiger partial charge in [0.2, 0.25) is 5.91 Å². The van der Waals surface area contributed by atoms with Crippen molar-refractivity contribution in [3.8, 4) is 0 Å². The summed E-state index contributed by atoms with van der Waals surface area (Å²) in [5, 5.41) is 0. The van der Waals surface area contributed by atoms with Crippen molar-refractivity contribution in [2.24, 2.45) is 5.92 Å². The zero-order valence-corrected chi connectivity index (χ0v) is 9.30. The Balaban J connectivity index is 4.21. The molecule has 0 aromatic heterocycles. The van der Waals surface area contributed by atoms with Crippen molar-refractivity contribution in [3.63, 3.8) is 0 Å². The maximum absolute atomic E-state index is 11.9. The van der Waals surface area contributed by atoms with E-state index in [0.29, 0.717) is 0 Å². The fourth-order valence-electron chi connectivity index (χ4n) is 1.09. The topological polar surface area (TPSA) is 46.6 Å². The van der Waals surface area contributed by atoms with Crippen molar-refractivity contribution >= 4 is 11.9 Å². The number of amides is 1. The predicted molar refractivity (Wildman–Crippen MR) is 49.5 cm³/mol. The van der Waals surface area contributed by atoms with E-state index >= 15 is 0 Å². The van der Waals surface area contributed by atoms with Gasteiger partial charge in [-0.05, 0) is 0 Å². The molecule has 0 aromatic carbocycles. The minimum atomic E-state index is -4.53. The van der Waals surface area contributed by atoms with Gasteiger partial charge in [0.25, 0.3) is 0 Å². The van der Waals surface area contributed by atoms with E-state index in [4.69, 9.17) is 0 Å². The van der Waals surface area contributed by atoms with Crippen LogP contribution in [0.1, 0.15) is 13.3 Å². The Labute approximate surface area is 91.4 Å². The molecular weight excluding hydrogens is 227 g/mol. The quantitative estimate of drug-likeness (QED) is 0.695. The summed E-state index contributed by atoms with van der Waals surface area (Å²) in [6.07, 6.45) is -6.04. The lowest BCUT2D eigenvalue weighted by Crippen LogP contribution is -2.36. The van der Waals surface area contributed by atoms with Gasteiger partial charge in [-0.3, -0.25) is 9.59 Å². The molecule has 0 bridgehead atoms. The third-order valence-corrected chi connectivity index (χ3v) is 1.93. The number of carbonyl (C=O) groups is 2. The molecule has 0 saturated heterocycles. The largest absolute Gasteiger partial charge is 0.469 e. The van der Waals surface area contributed by atoms with Crippen molar-refractivity contribution in [1.82, 2.24) is 4.90 Å². The van der Waals surface area contributed by atoms with Gasteiger partial charge < -0.3 is 9.64 Å². The molecule has 1 unspecified atom stereocenters. The van der Waals surface area contributed by atoms with E-state index in [9.17, 15) is 22.8 Å².